The fraction of sp³-hybridized carbons (Fsp3) is 0.231. The van der Waals surface area contributed by atoms with Gasteiger partial charge in [-0.25, -0.2) is 0 Å². The Bertz CT molecular complexity index is 699. The molecule has 0 spiro atoms. The molecule has 0 aliphatic carbocycles. The predicted octanol–water partition coefficient (Wildman–Crippen LogP) is 2.12. The van der Waals surface area contributed by atoms with Crippen LogP contribution in [0.25, 0.3) is 0 Å². The summed E-state index contributed by atoms with van der Waals surface area (Å²) in [5.41, 5.74) is 2.38. The first-order chi connectivity index (χ1) is 9.51. The van der Waals surface area contributed by atoms with Crippen molar-refractivity contribution in [1.29, 1.82) is 5.26 Å². The second-order valence-corrected chi connectivity index (χ2v) is 4.37. The third-order valence-electron chi connectivity index (χ3n) is 2.91. The quantitative estimate of drug-likeness (QED) is 0.678. The van der Waals surface area contributed by atoms with Crippen LogP contribution in [0.4, 0.5) is 11.4 Å². The zero-order chi connectivity index (χ0) is 14.7. The maximum Gasteiger partial charge on any atom is 0.293 e. The van der Waals surface area contributed by atoms with Crippen LogP contribution in [-0.2, 0) is 13.6 Å². The number of hydrogen-bond acceptors (Lipinski definition) is 5. The van der Waals surface area contributed by atoms with Gasteiger partial charge in [-0.3, -0.25) is 14.8 Å². The van der Waals surface area contributed by atoms with Crippen molar-refractivity contribution >= 4 is 11.4 Å². The minimum Gasteiger partial charge on any atom is -0.375 e. The fourth-order valence-electron chi connectivity index (χ4n) is 1.91. The summed E-state index contributed by atoms with van der Waals surface area (Å²) in [5, 5.41) is 27.0. The first-order valence-electron chi connectivity index (χ1n) is 5.93. The molecule has 2 aromatic rings. The van der Waals surface area contributed by atoms with Crippen molar-refractivity contribution < 1.29 is 4.92 Å². The Morgan fingerprint density at radius 2 is 2.30 bits per heavy atom. The van der Waals surface area contributed by atoms with Gasteiger partial charge in [0.25, 0.3) is 5.69 Å². The van der Waals surface area contributed by atoms with Crippen molar-refractivity contribution in [2.45, 2.75) is 13.5 Å². The van der Waals surface area contributed by atoms with Gasteiger partial charge < -0.3 is 5.32 Å². The van der Waals surface area contributed by atoms with E-state index >= 15 is 0 Å². The largest absolute Gasteiger partial charge is 0.375 e. The number of aromatic nitrogens is 2. The Labute approximate surface area is 115 Å². The molecule has 0 saturated heterocycles. The average molecular weight is 271 g/mol. The van der Waals surface area contributed by atoms with Gasteiger partial charge in [0.1, 0.15) is 5.69 Å². The molecule has 0 aliphatic heterocycles. The number of nitro groups is 1. The molecule has 7 heteroatoms. The van der Waals surface area contributed by atoms with Crippen molar-refractivity contribution in [3.63, 3.8) is 0 Å². The molecule has 1 heterocycles. The van der Waals surface area contributed by atoms with E-state index in [2.05, 4.69) is 10.4 Å². The van der Waals surface area contributed by atoms with Gasteiger partial charge in [0, 0.05) is 31.4 Å². The lowest BCUT2D eigenvalue weighted by Crippen LogP contribution is -2.03. The third kappa shape index (κ3) is 2.75. The Morgan fingerprint density at radius 1 is 1.55 bits per heavy atom. The van der Waals surface area contributed by atoms with E-state index in [9.17, 15) is 10.1 Å². The van der Waals surface area contributed by atoms with Gasteiger partial charge in [-0.1, -0.05) is 0 Å². The molecular weight excluding hydrogens is 258 g/mol. The van der Waals surface area contributed by atoms with Crippen molar-refractivity contribution in [2.24, 2.45) is 7.05 Å². The zero-order valence-corrected chi connectivity index (χ0v) is 11.1. The van der Waals surface area contributed by atoms with Crippen LogP contribution in [0.2, 0.25) is 0 Å². The second-order valence-electron chi connectivity index (χ2n) is 4.37. The van der Waals surface area contributed by atoms with Gasteiger partial charge in [-0.15, -0.1) is 0 Å². The van der Waals surface area contributed by atoms with Crippen molar-refractivity contribution in [2.75, 3.05) is 5.32 Å². The molecule has 2 rings (SSSR count). The Morgan fingerprint density at radius 3 is 2.85 bits per heavy atom. The number of rotatable bonds is 4. The smallest absolute Gasteiger partial charge is 0.293 e. The summed E-state index contributed by atoms with van der Waals surface area (Å²) < 4.78 is 1.69. The van der Waals surface area contributed by atoms with Crippen LogP contribution in [0.1, 0.15) is 16.8 Å². The highest BCUT2D eigenvalue weighted by Crippen LogP contribution is 2.26. The van der Waals surface area contributed by atoms with Crippen LogP contribution in [0.15, 0.2) is 24.4 Å². The molecule has 0 atom stereocenters. The lowest BCUT2D eigenvalue weighted by molar-refractivity contribution is -0.384. The van der Waals surface area contributed by atoms with Gasteiger partial charge in [0.05, 0.1) is 22.2 Å². The van der Waals surface area contributed by atoms with E-state index in [1.165, 1.54) is 6.07 Å². The minimum absolute atomic E-state index is 0.106. The third-order valence-corrected chi connectivity index (χ3v) is 2.91. The topological polar surface area (TPSA) is 96.8 Å². The molecule has 1 N–H and O–H groups in total. The summed E-state index contributed by atoms with van der Waals surface area (Å²) in [4.78, 5) is 10.5. The number of nitrogens with zero attached hydrogens (tertiary/aromatic N) is 4. The molecule has 0 radical (unpaired) electrons. The number of hydrogen-bond donors (Lipinski definition) is 1. The lowest BCUT2D eigenvalue weighted by atomic mass is 10.2. The molecule has 0 saturated carbocycles. The highest BCUT2D eigenvalue weighted by Gasteiger charge is 2.15. The van der Waals surface area contributed by atoms with Gasteiger partial charge in [0.2, 0.25) is 0 Å². The zero-order valence-electron chi connectivity index (χ0n) is 11.1. The van der Waals surface area contributed by atoms with Crippen LogP contribution in [0.3, 0.4) is 0 Å². The highest BCUT2D eigenvalue weighted by molar-refractivity contribution is 5.64. The molecular formula is C13H13N5O2. The predicted molar refractivity (Wildman–Crippen MR) is 73.1 cm³/mol. The fourth-order valence-corrected chi connectivity index (χ4v) is 1.91. The molecule has 0 amide bonds. The summed E-state index contributed by atoms with van der Waals surface area (Å²) >= 11 is 0. The monoisotopic (exact) mass is 271 g/mol. The lowest BCUT2D eigenvalue weighted by Gasteiger charge is -2.06. The van der Waals surface area contributed by atoms with Crippen LogP contribution in [-0.4, -0.2) is 14.7 Å². The first-order valence-corrected chi connectivity index (χ1v) is 5.93. The molecule has 1 aromatic carbocycles. The molecule has 102 valence electrons. The first kappa shape index (κ1) is 13.5. The van der Waals surface area contributed by atoms with Crippen molar-refractivity contribution in [1.82, 2.24) is 9.78 Å². The highest BCUT2D eigenvalue weighted by atomic mass is 16.6. The normalized spacial score (nSPS) is 10.1. The van der Waals surface area contributed by atoms with Gasteiger partial charge in [-0.2, -0.15) is 10.4 Å². The van der Waals surface area contributed by atoms with E-state index in [1.54, 1.807) is 16.8 Å². The molecule has 0 bridgehead atoms. The molecule has 20 heavy (non-hydrogen) atoms. The Hall–Kier alpha value is -2.88. The average Bonchev–Trinajstić information content (AvgIpc) is 2.74. The van der Waals surface area contributed by atoms with E-state index in [1.807, 2.05) is 26.2 Å². The van der Waals surface area contributed by atoms with Crippen LogP contribution in [0.5, 0.6) is 0 Å². The molecule has 0 fully saturated rings. The number of benzene rings is 1. The number of nitriles is 1. The molecule has 0 unspecified atom stereocenters. The van der Waals surface area contributed by atoms with Gasteiger partial charge in [-0.05, 0) is 19.1 Å². The summed E-state index contributed by atoms with van der Waals surface area (Å²) in [6, 6.07) is 6.24. The standard InChI is InChI=1S/C13H13N5O2/c1-9-11(8-17(2)16-9)7-15-12-4-3-10(6-14)5-13(12)18(19)20/h3-5,8,15H,7H2,1-2H3. The summed E-state index contributed by atoms with van der Waals surface area (Å²) in [6.07, 6.45) is 1.86. The summed E-state index contributed by atoms with van der Waals surface area (Å²) in [5.74, 6) is 0. The second kappa shape index (κ2) is 5.40. The summed E-state index contributed by atoms with van der Waals surface area (Å²) in [6.45, 7) is 2.32. The minimum atomic E-state index is -0.501. The summed E-state index contributed by atoms with van der Waals surface area (Å²) in [7, 11) is 1.82. The van der Waals surface area contributed by atoms with Gasteiger partial charge in [0.15, 0.2) is 0 Å². The van der Waals surface area contributed by atoms with Crippen LogP contribution >= 0.6 is 0 Å². The van der Waals surface area contributed by atoms with E-state index in [0.29, 0.717) is 12.2 Å². The van der Waals surface area contributed by atoms with Crippen molar-refractivity contribution in [3.05, 3.63) is 51.3 Å². The molecule has 0 aliphatic rings. The number of nitrogens with one attached hydrogen (secondary N) is 1. The van der Waals surface area contributed by atoms with Crippen molar-refractivity contribution in [3.8, 4) is 6.07 Å². The van der Waals surface area contributed by atoms with E-state index in [4.69, 9.17) is 5.26 Å². The number of nitro benzene ring substituents is 1. The van der Waals surface area contributed by atoms with Crippen LogP contribution in [0, 0.1) is 28.4 Å². The molecule has 1 aromatic heterocycles. The Balaban J connectivity index is 2.23. The SMILES string of the molecule is Cc1nn(C)cc1CNc1ccc(C#N)cc1[N+](=O)[O-]. The molecule has 7 nitrogen and oxygen atoms in total. The number of aryl methyl sites for hydroxylation is 2. The number of anilines is 1. The Kier molecular flexibility index (Phi) is 3.66. The maximum atomic E-state index is 11.0. The van der Waals surface area contributed by atoms with Crippen LogP contribution < -0.4 is 5.32 Å². The van der Waals surface area contributed by atoms with E-state index in [0.717, 1.165) is 11.3 Å². The van der Waals surface area contributed by atoms with E-state index in [-0.39, 0.29) is 11.3 Å². The van der Waals surface area contributed by atoms with Gasteiger partial charge >= 0.3 is 0 Å². The van der Waals surface area contributed by atoms with E-state index < -0.39 is 4.92 Å². The maximum absolute atomic E-state index is 11.0.